The summed E-state index contributed by atoms with van der Waals surface area (Å²) in [4.78, 5) is 22.7. The van der Waals surface area contributed by atoms with Crippen molar-refractivity contribution in [3.05, 3.63) is 42.2 Å². The highest BCUT2D eigenvalue weighted by molar-refractivity contribution is 5.90. The molecule has 1 aliphatic rings. The van der Waals surface area contributed by atoms with Gasteiger partial charge in [0.25, 0.3) is 0 Å². The molecule has 0 spiro atoms. The van der Waals surface area contributed by atoms with Crippen molar-refractivity contribution in [3.63, 3.8) is 0 Å². The Morgan fingerprint density at radius 2 is 2.04 bits per heavy atom. The second kappa shape index (κ2) is 9.32. The van der Waals surface area contributed by atoms with Gasteiger partial charge in [-0.3, -0.25) is 9.69 Å². The number of hydrogen-bond donors (Lipinski definition) is 2. The summed E-state index contributed by atoms with van der Waals surface area (Å²) in [6, 6.07) is 7.44. The SMILES string of the molecule is COc1cccc(NC(=O)CCC2CCN(Cc3cnc(N)nc3)CC2)c1. The topological polar surface area (TPSA) is 93.4 Å². The van der Waals surface area contributed by atoms with Crippen LogP contribution in [-0.4, -0.2) is 41.0 Å². The summed E-state index contributed by atoms with van der Waals surface area (Å²) in [7, 11) is 1.62. The number of nitrogens with two attached hydrogens (primary N) is 1. The second-order valence-corrected chi connectivity index (χ2v) is 6.99. The minimum absolute atomic E-state index is 0.0599. The number of nitrogens with one attached hydrogen (secondary N) is 1. The van der Waals surface area contributed by atoms with Gasteiger partial charge in [0.1, 0.15) is 5.75 Å². The third-order valence-electron chi connectivity index (χ3n) is 4.97. The molecule has 1 aromatic carbocycles. The van der Waals surface area contributed by atoms with Gasteiger partial charge in [0.05, 0.1) is 7.11 Å². The smallest absolute Gasteiger partial charge is 0.224 e. The van der Waals surface area contributed by atoms with Crippen molar-refractivity contribution in [2.75, 3.05) is 31.2 Å². The highest BCUT2D eigenvalue weighted by atomic mass is 16.5. The number of hydrogen-bond acceptors (Lipinski definition) is 6. The molecule has 2 aromatic rings. The van der Waals surface area contributed by atoms with Gasteiger partial charge in [0.15, 0.2) is 0 Å². The van der Waals surface area contributed by atoms with Crippen LogP contribution in [0, 0.1) is 5.92 Å². The van der Waals surface area contributed by atoms with Crippen LogP contribution in [0.4, 0.5) is 11.6 Å². The molecule has 0 atom stereocenters. The molecule has 2 heterocycles. The number of amides is 1. The van der Waals surface area contributed by atoms with Gasteiger partial charge in [-0.2, -0.15) is 0 Å². The first-order chi connectivity index (χ1) is 13.1. The summed E-state index contributed by atoms with van der Waals surface area (Å²) in [5, 5.41) is 2.95. The minimum atomic E-state index is 0.0599. The van der Waals surface area contributed by atoms with Crippen LogP contribution in [0.25, 0.3) is 0 Å². The highest BCUT2D eigenvalue weighted by Crippen LogP contribution is 2.23. The molecule has 0 aliphatic carbocycles. The average Bonchev–Trinajstić information content (AvgIpc) is 2.69. The second-order valence-electron chi connectivity index (χ2n) is 6.99. The maximum Gasteiger partial charge on any atom is 0.224 e. The van der Waals surface area contributed by atoms with Crippen molar-refractivity contribution < 1.29 is 9.53 Å². The lowest BCUT2D eigenvalue weighted by atomic mass is 9.92. The quantitative estimate of drug-likeness (QED) is 0.779. The number of carbonyl (C=O) groups excluding carboxylic acids is 1. The fraction of sp³-hybridized carbons (Fsp3) is 0.450. The first-order valence-electron chi connectivity index (χ1n) is 9.35. The third kappa shape index (κ3) is 5.92. The van der Waals surface area contributed by atoms with Crippen molar-refractivity contribution in [2.45, 2.75) is 32.2 Å². The van der Waals surface area contributed by atoms with E-state index in [-0.39, 0.29) is 5.91 Å². The summed E-state index contributed by atoms with van der Waals surface area (Å²) < 4.78 is 5.18. The van der Waals surface area contributed by atoms with E-state index in [1.165, 1.54) is 0 Å². The molecule has 1 aliphatic heterocycles. The highest BCUT2D eigenvalue weighted by Gasteiger charge is 2.20. The van der Waals surface area contributed by atoms with Crippen molar-refractivity contribution >= 4 is 17.5 Å². The van der Waals surface area contributed by atoms with Crippen molar-refractivity contribution in [1.82, 2.24) is 14.9 Å². The van der Waals surface area contributed by atoms with Gasteiger partial charge in [-0.25, -0.2) is 9.97 Å². The fourth-order valence-electron chi connectivity index (χ4n) is 3.40. The molecule has 1 aromatic heterocycles. The van der Waals surface area contributed by atoms with Crippen LogP contribution in [0.15, 0.2) is 36.7 Å². The Balaban J connectivity index is 1.37. The zero-order valence-electron chi connectivity index (χ0n) is 15.7. The van der Waals surface area contributed by atoms with Crippen LogP contribution in [-0.2, 0) is 11.3 Å². The zero-order valence-corrected chi connectivity index (χ0v) is 15.7. The lowest BCUT2D eigenvalue weighted by Gasteiger charge is -2.31. The number of carbonyl (C=O) groups is 1. The molecule has 3 N–H and O–H groups in total. The van der Waals surface area contributed by atoms with E-state index in [0.717, 1.165) is 55.9 Å². The van der Waals surface area contributed by atoms with Gasteiger partial charge < -0.3 is 15.8 Å². The molecule has 7 heteroatoms. The van der Waals surface area contributed by atoms with Gasteiger partial charge in [-0.15, -0.1) is 0 Å². The Bertz CT molecular complexity index is 742. The van der Waals surface area contributed by atoms with Crippen molar-refractivity contribution in [2.24, 2.45) is 5.92 Å². The third-order valence-corrected chi connectivity index (χ3v) is 4.97. The number of aromatic nitrogens is 2. The van der Waals surface area contributed by atoms with Gasteiger partial charge in [0, 0.05) is 42.7 Å². The average molecular weight is 369 g/mol. The molecule has 3 rings (SSSR count). The number of piperidine rings is 1. The fourth-order valence-corrected chi connectivity index (χ4v) is 3.40. The van der Waals surface area contributed by atoms with E-state index >= 15 is 0 Å². The predicted octanol–water partition coefficient (Wildman–Crippen LogP) is 2.70. The first-order valence-corrected chi connectivity index (χ1v) is 9.35. The lowest BCUT2D eigenvalue weighted by Crippen LogP contribution is -2.33. The monoisotopic (exact) mass is 369 g/mol. The van der Waals surface area contributed by atoms with E-state index in [9.17, 15) is 4.79 Å². The molecule has 7 nitrogen and oxygen atoms in total. The van der Waals surface area contributed by atoms with Crippen LogP contribution >= 0.6 is 0 Å². The van der Waals surface area contributed by atoms with Gasteiger partial charge in [-0.1, -0.05) is 6.07 Å². The van der Waals surface area contributed by atoms with Crippen LogP contribution in [0.3, 0.4) is 0 Å². The van der Waals surface area contributed by atoms with Crippen molar-refractivity contribution in [3.8, 4) is 5.75 Å². The molecule has 1 fully saturated rings. The predicted molar refractivity (Wildman–Crippen MR) is 105 cm³/mol. The number of nitrogens with zero attached hydrogens (tertiary/aromatic N) is 3. The Hall–Kier alpha value is -2.67. The Morgan fingerprint density at radius 1 is 1.30 bits per heavy atom. The molecule has 144 valence electrons. The lowest BCUT2D eigenvalue weighted by molar-refractivity contribution is -0.116. The van der Waals surface area contributed by atoms with Crippen LogP contribution in [0.1, 0.15) is 31.2 Å². The molecule has 0 bridgehead atoms. The largest absolute Gasteiger partial charge is 0.497 e. The molecule has 27 heavy (non-hydrogen) atoms. The number of rotatable bonds is 7. The van der Waals surface area contributed by atoms with E-state index in [1.54, 1.807) is 19.5 Å². The van der Waals surface area contributed by atoms with E-state index in [0.29, 0.717) is 18.3 Å². The Kier molecular flexibility index (Phi) is 6.59. The summed E-state index contributed by atoms with van der Waals surface area (Å²) in [6.07, 6.45) is 7.28. The summed E-state index contributed by atoms with van der Waals surface area (Å²) in [5.41, 5.74) is 7.39. The molecule has 1 amide bonds. The van der Waals surface area contributed by atoms with Gasteiger partial charge in [0.2, 0.25) is 11.9 Å². The normalized spacial score (nSPS) is 15.4. The maximum atomic E-state index is 12.2. The Labute approximate surface area is 159 Å². The summed E-state index contributed by atoms with van der Waals surface area (Å²) in [6.45, 7) is 2.92. The standard InChI is InChI=1S/C20H27N5O2/c1-27-18-4-2-3-17(11-18)24-19(26)6-5-15-7-9-25(10-8-15)14-16-12-22-20(21)23-13-16/h2-4,11-13,15H,5-10,14H2,1H3,(H,24,26)(H2,21,22,23). The van der Waals surface area contributed by atoms with E-state index in [2.05, 4.69) is 20.2 Å². The van der Waals surface area contributed by atoms with Crippen LogP contribution in [0.2, 0.25) is 0 Å². The number of ether oxygens (including phenoxy) is 1. The first kappa shape index (κ1) is 19.1. The summed E-state index contributed by atoms with van der Waals surface area (Å²) in [5.74, 6) is 1.71. The molecular formula is C20H27N5O2. The van der Waals surface area contributed by atoms with E-state index in [4.69, 9.17) is 10.5 Å². The van der Waals surface area contributed by atoms with Gasteiger partial charge >= 0.3 is 0 Å². The zero-order chi connectivity index (χ0) is 19.1. The molecule has 0 unspecified atom stereocenters. The number of benzene rings is 1. The molecule has 1 saturated heterocycles. The van der Waals surface area contributed by atoms with E-state index < -0.39 is 0 Å². The number of anilines is 2. The minimum Gasteiger partial charge on any atom is -0.497 e. The number of methoxy groups -OCH3 is 1. The molecule has 0 radical (unpaired) electrons. The molecule has 0 saturated carbocycles. The number of likely N-dealkylation sites (tertiary alicyclic amines) is 1. The van der Waals surface area contributed by atoms with E-state index in [1.807, 2.05) is 24.3 Å². The van der Waals surface area contributed by atoms with Gasteiger partial charge in [-0.05, 0) is 50.4 Å². The molecular weight excluding hydrogens is 342 g/mol. The maximum absolute atomic E-state index is 12.2. The van der Waals surface area contributed by atoms with Crippen LogP contribution < -0.4 is 15.8 Å². The Morgan fingerprint density at radius 3 is 2.74 bits per heavy atom. The summed E-state index contributed by atoms with van der Waals surface area (Å²) >= 11 is 0. The number of nitrogen functional groups attached to an aromatic ring is 1. The van der Waals surface area contributed by atoms with Crippen LogP contribution in [0.5, 0.6) is 5.75 Å². The van der Waals surface area contributed by atoms with Crippen molar-refractivity contribution in [1.29, 1.82) is 0 Å².